The number of carboxylic acids is 1. The van der Waals surface area contributed by atoms with E-state index >= 15 is 0 Å². The van der Waals surface area contributed by atoms with Crippen molar-refractivity contribution < 1.29 is 14.7 Å². The van der Waals surface area contributed by atoms with Gasteiger partial charge in [-0.2, -0.15) is 0 Å². The molecule has 5 nitrogen and oxygen atoms in total. The molecule has 0 saturated carbocycles. The summed E-state index contributed by atoms with van der Waals surface area (Å²) in [6.07, 6.45) is 2.47. The first-order valence-corrected chi connectivity index (χ1v) is 4.79. The minimum absolute atomic E-state index is 0.385. The van der Waals surface area contributed by atoms with Crippen LogP contribution in [0, 0.1) is 0 Å². The van der Waals surface area contributed by atoms with Crippen molar-refractivity contribution in [3.05, 3.63) is 24.8 Å². The fourth-order valence-corrected chi connectivity index (χ4v) is 0.732. The van der Waals surface area contributed by atoms with Crippen LogP contribution in [0.3, 0.4) is 0 Å². The van der Waals surface area contributed by atoms with Crippen LogP contribution >= 0.6 is 0 Å². The van der Waals surface area contributed by atoms with E-state index in [-0.39, 0.29) is 5.91 Å². The van der Waals surface area contributed by atoms with E-state index in [0.29, 0.717) is 12.0 Å². The maximum atomic E-state index is 10.5. The molecule has 1 amide bonds. The zero-order chi connectivity index (χ0) is 13.1. The molecule has 16 heavy (non-hydrogen) atoms. The quantitative estimate of drug-likeness (QED) is 0.653. The molecule has 5 heteroatoms. The van der Waals surface area contributed by atoms with Crippen LogP contribution in [0.15, 0.2) is 24.8 Å². The Kier molecular flexibility index (Phi) is 10.4. The smallest absolute Gasteiger partial charge is 0.327 e. The lowest BCUT2D eigenvalue weighted by Gasteiger charge is -2.08. The monoisotopic (exact) mass is 228 g/mol. The van der Waals surface area contributed by atoms with Crippen LogP contribution in [-0.2, 0) is 9.59 Å². The van der Waals surface area contributed by atoms with Crippen LogP contribution in [0.4, 0.5) is 0 Å². The summed E-state index contributed by atoms with van der Waals surface area (Å²) in [6.45, 7) is 7.48. The highest BCUT2D eigenvalue weighted by atomic mass is 16.4. The molecule has 0 atom stereocenters. The number of rotatable bonds is 6. The minimum atomic E-state index is -0.981. The van der Waals surface area contributed by atoms with E-state index in [1.807, 2.05) is 14.1 Å². The molecule has 0 fully saturated rings. The van der Waals surface area contributed by atoms with E-state index < -0.39 is 5.97 Å². The third-order valence-corrected chi connectivity index (χ3v) is 1.61. The maximum Gasteiger partial charge on any atom is 0.327 e. The van der Waals surface area contributed by atoms with Gasteiger partial charge in [0.25, 0.3) is 0 Å². The minimum Gasteiger partial charge on any atom is -0.478 e. The Labute approximate surface area is 96.2 Å². The Bertz CT molecular complexity index is 260. The van der Waals surface area contributed by atoms with Crippen LogP contribution in [0.25, 0.3) is 0 Å². The van der Waals surface area contributed by atoms with E-state index in [0.717, 1.165) is 19.0 Å². The SMILES string of the molecule is C=C(CCCN(C)C)C(N)=O.C=CC(=O)O. The summed E-state index contributed by atoms with van der Waals surface area (Å²) in [4.78, 5) is 21.8. The number of aliphatic carboxylic acids is 1. The Hall–Kier alpha value is -1.62. The second-order valence-electron chi connectivity index (χ2n) is 3.42. The third kappa shape index (κ3) is 14.9. The van der Waals surface area contributed by atoms with Crippen molar-refractivity contribution in [2.45, 2.75) is 12.8 Å². The van der Waals surface area contributed by atoms with Gasteiger partial charge in [-0.15, -0.1) is 0 Å². The number of hydrogen-bond acceptors (Lipinski definition) is 3. The number of carbonyl (C=O) groups is 2. The summed E-state index contributed by atoms with van der Waals surface area (Å²) in [5.41, 5.74) is 5.52. The summed E-state index contributed by atoms with van der Waals surface area (Å²) >= 11 is 0. The van der Waals surface area contributed by atoms with Gasteiger partial charge < -0.3 is 15.7 Å². The highest BCUT2D eigenvalue weighted by molar-refractivity contribution is 5.91. The van der Waals surface area contributed by atoms with Crippen LogP contribution < -0.4 is 5.73 Å². The Morgan fingerprint density at radius 1 is 1.44 bits per heavy atom. The van der Waals surface area contributed by atoms with Gasteiger partial charge in [-0.25, -0.2) is 4.79 Å². The van der Waals surface area contributed by atoms with E-state index in [2.05, 4.69) is 18.1 Å². The molecular formula is C11H20N2O3. The summed E-state index contributed by atoms with van der Waals surface area (Å²) in [6, 6.07) is 0. The van der Waals surface area contributed by atoms with Gasteiger partial charge in [-0.05, 0) is 33.5 Å². The van der Waals surface area contributed by atoms with Crippen molar-refractivity contribution in [3.63, 3.8) is 0 Å². The fraction of sp³-hybridized carbons (Fsp3) is 0.455. The van der Waals surface area contributed by atoms with Crippen molar-refractivity contribution in [2.24, 2.45) is 5.73 Å². The van der Waals surface area contributed by atoms with Gasteiger partial charge in [0.15, 0.2) is 0 Å². The molecule has 0 unspecified atom stereocenters. The zero-order valence-electron chi connectivity index (χ0n) is 9.90. The van der Waals surface area contributed by atoms with Gasteiger partial charge in [-0.1, -0.05) is 13.2 Å². The Morgan fingerprint density at radius 2 is 1.88 bits per heavy atom. The Morgan fingerprint density at radius 3 is 2.12 bits per heavy atom. The molecule has 0 spiro atoms. The predicted molar refractivity (Wildman–Crippen MR) is 64.0 cm³/mol. The van der Waals surface area contributed by atoms with Gasteiger partial charge in [0.05, 0.1) is 0 Å². The van der Waals surface area contributed by atoms with Crippen molar-refractivity contribution in [3.8, 4) is 0 Å². The van der Waals surface area contributed by atoms with E-state index in [9.17, 15) is 9.59 Å². The normalized spacial score (nSPS) is 8.94. The van der Waals surface area contributed by atoms with Crippen molar-refractivity contribution >= 4 is 11.9 Å². The van der Waals surface area contributed by atoms with Crippen LogP contribution in [0.2, 0.25) is 0 Å². The lowest BCUT2D eigenvalue weighted by atomic mass is 10.1. The number of nitrogens with two attached hydrogens (primary N) is 1. The van der Waals surface area contributed by atoms with Gasteiger partial charge in [-0.3, -0.25) is 4.79 Å². The van der Waals surface area contributed by atoms with Crippen molar-refractivity contribution in [1.29, 1.82) is 0 Å². The average Bonchev–Trinajstić information content (AvgIpc) is 2.17. The molecule has 0 aromatic rings. The highest BCUT2D eigenvalue weighted by Gasteiger charge is 2.00. The topological polar surface area (TPSA) is 83.6 Å². The van der Waals surface area contributed by atoms with E-state index in [1.165, 1.54) is 0 Å². The number of hydrogen-bond donors (Lipinski definition) is 2. The molecule has 0 heterocycles. The lowest BCUT2D eigenvalue weighted by molar-refractivity contribution is -0.131. The van der Waals surface area contributed by atoms with Crippen molar-refractivity contribution in [1.82, 2.24) is 4.90 Å². The lowest BCUT2D eigenvalue weighted by Crippen LogP contribution is -2.16. The molecule has 0 saturated heterocycles. The first-order valence-electron chi connectivity index (χ1n) is 4.79. The van der Waals surface area contributed by atoms with Gasteiger partial charge in [0.1, 0.15) is 0 Å². The van der Waals surface area contributed by atoms with E-state index in [4.69, 9.17) is 10.8 Å². The number of nitrogens with zero attached hydrogens (tertiary/aromatic N) is 1. The summed E-state index contributed by atoms with van der Waals surface area (Å²) in [5, 5.41) is 7.60. The van der Waals surface area contributed by atoms with Crippen LogP contribution in [0.1, 0.15) is 12.8 Å². The zero-order valence-corrected chi connectivity index (χ0v) is 9.90. The van der Waals surface area contributed by atoms with Crippen LogP contribution in [0.5, 0.6) is 0 Å². The molecule has 0 aromatic carbocycles. The summed E-state index contributed by atoms with van der Waals surface area (Å²) in [5.74, 6) is -1.37. The molecule has 0 aliphatic carbocycles. The molecule has 0 aliphatic rings. The molecule has 0 aliphatic heterocycles. The molecule has 0 radical (unpaired) electrons. The standard InChI is InChI=1S/C8H16N2O.C3H4O2/c1-7(8(9)11)5-4-6-10(2)3;1-2-3(4)5/h1,4-6H2,2-3H3,(H2,9,11);2H,1H2,(H,4,5). The first kappa shape index (κ1) is 16.8. The molecule has 92 valence electrons. The first-order chi connectivity index (χ1) is 7.31. The number of carbonyl (C=O) groups excluding carboxylic acids is 1. The predicted octanol–water partition coefficient (Wildman–Crippen LogP) is 0.627. The summed E-state index contributed by atoms with van der Waals surface area (Å²) < 4.78 is 0. The summed E-state index contributed by atoms with van der Waals surface area (Å²) in [7, 11) is 3.99. The number of carboxylic acid groups (broad SMARTS) is 1. The number of primary amides is 1. The molecule has 3 N–H and O–H groups in total. The van der Waals surface area contributed by atoms with Gasteiger partial charge in [0, 0.05) is 11.6 Å². The van der Waals surface area contributed by atoms with Gasteiger partial charge in [0.2, 0.25) is 5.91 Å². The van der Waals surface area contributed by atoms with Gasteiger partial charge >= 0.3 is 5.97 Å². The largest absolute Gasteiger partial charge is 0.478 e. The second-order valence-corrected chi connectivity index (χ2v) is 3.42. The van der Waals surface area contributed by atoms with Crippen LogP contribution in [-0.4, -0.2) is 42.5 Å². The second kappa shape index (κ2) is 9.92. The molecule has 0 aromatic heterocycles. The third-order valence-electron chi connectivity index (χ3n) is 1.61. The fourth-order valence-electron chi connectivity index (χ4n) is 0.732. The number of amides is 1. The molecule has 0 rings (SSSR count). The maximum absolute atomic E-state index is 10.5. The average molecular weight is 228 g/mol. The molecule has 0 bridgehead atoms. The Balaban J connectivity index is 0. The molecular weight excluding hydrogens is 208 g/mol. The van der Waals surface area contributed by atoms with Crippen molar-refractivity contribution in [2.75, 3.05) is 20.6 Å². The van der Waals surface area contributed by atoms with E-state index in [1.54, 1.807) is 0 Å². The highest BCUT2D eigenvalue weighted by Crippen LogP contribution is 2.00.